The second-order valence-electron chi connectivity index (χ2n) is 9.12. The van der Waals surface area contributed by atoms with Crippen LogP contribution in [0.4, 0.5) is 0 Å². The van der Waals surface area contributed by atoms with Gasteiger partial charge in [-0.3, -0.25) is 4.79 Å². The van der Waals surface area contributed by atoms with Crippen molar-refractivity contribution < 1.29 is 9.53 Å². The number of fused-ring (bicyclic) bond motifs is 1. The van der Waals surface area contributed by atoms with Gasteiger partial charge in [0.2, 0.25) is 5.91 Å². The van der Waals surface area contributed by atoms with Crippen molar-refractivity contribution in [1.82, 2.24) is 9.80 Å². The molecule has 2 heterocycles. The number of nitrogens with zero attached hydrogens (tertiary/aromatic N) is 2. The van der Waals surface area contributed by atoms with Gasteiger partial charge >= 0.3 is 0 Å². The first-order valence-electron chi connectivity index (χ1n) is 11.9. The molecular formula is C27H36N2O2. The van der Waals surface area contributed by atoms with Gasteiger partial charge in [0, 0.05) is 45.8 Å². The maximum Gasteiger partial charge on any atom is 0.222 e. The van der Waals surface area contributed by atoms with Crippen LogP contribution >= 0.6 is 0 Å². The fourth-order valence-electron chi connectivity index (χ4n) is 4.93. The number of ether oxygens (including phenoxy) is 1. The van der Waals surface area contributed by atoms with E-state index in [4.69, 9.17) is 4.74 Å². The largest absolute Gasteiger partial charge is 0.385 e. The average Bonchev–Trinajstić information content (AvgIpc) is 3.22. The molecule has 2 aliphatic heterocycles. The Morgan fingerprint density at radius 1 is 1.06 bits per heavy atom. The van der Waals surface area contributed by atoms with Crippen LogP contribution in [0.2, 0.25) is 0 Å². The molecular weight excluding hydrogens is 384 g/mol. The van der Waals surface area contributed by atoms with Crippen LogP contribution in [-0.2, 0) is 28.9 Å². The highest BCUT2D eigenvalue weighted by atomic mass is 16.5. The molecule has 0 N–H and O–H groups in total. The van der Waals surface area contributed by atoms with Crippen molar-refractivity contribution in [2.75, 3.05) is 33.4 Å². The van der Waals surface area contributed by atoms with Crippen LogP contribution in [-0.4, -0.2) is 55.1 Å². The highest BCUT2D eigenvalue weighted by Crippen LogP contribution is 2.27. The fourth-order valence-corrected chi connectivity index (χ4v) is 4.93. The Labute approximate surface area is 187 Å². The summed E-state index contributed by atoms with van der Waals surface area (Å²) in [6.45, 7) is 6.97. The van der Waals surface area contributed by atoms with E-state index in [0.29, 0.717) is 13.0 Å². The Balaban J connectivity index is 1.35. The summed E-state index contributed by atoms with van der Waals surface area (Å²) >= 11 is 0. The van der Waals surface area contributed by atoms with Gasteiger partial charge in [-0.05, 0) is 73.4 Å². The molecule has 0 bridgehead atoms. The first-order valence-corrected chi connectivity index (χ1v) is 11.9. The third-order valence-electron chi connectivity index (χ3n) is 6.98. The lowest BCUT2D eigenvalue weighted by Crippen LogP contribution is -2.35. The molecule has 0 spiro atoms. The van der Waals surface area contributed by atoms with Crippen LogP contribution in [0.5, 0.6) is 0 Å². The van der Waals surface area contributed by atoms with Crippen molar-refractivity contribution >= 4 is 5.91 Å². The fraction of sp³-hybridized carbons (Fsp3) is 0.519. The van der Waals surface area contributed by atoms with Crippen LogP contribution in [0.1, 0.15) is 49.3 Å². The van der Waals surface area contributed by atoms with Gasteiger partial charge < -0.3 is 14.5 Å². The minimum Gasteiger partial charge on any atom is -0.385 e. The highest BCUT2D eigenvalue weighted by molar-refractivity contribution is 5.76. The second-order valence-corrected chi connectivity index (χ2v) is 9.12. The van der Waals surface area contributed by atoms with E-state index in [2.05, 4.69) is 54.3 Å². The van der Waals surface area contributed by atoms with Crippen molar-refractivity contribution in [2.24, 2.45) is 0 Å². The normalized spacial score (nSPS) is 18.9. The van der Waals surface area contributed by atoms with Gasteiger partial charge in [0.25, 0.3) is 0 Å². The SMILES string of the molecule is COCCCC(=O)N1CCc2cc(-c3ccc(CCN4CCC[C@H]4C)cc3)ccc2C1. The summed E-state index contributed by atoms with van der Waals surface area (Å²) < 4.78 is 5.07. The van der Waals surface area contributed by atoms with Gasteiger partial charge in [-0.25, -0.2) is 0 Å². The van der Waals surface area contributed by atoms with Crippen LogP contribution < -0.4 is 0 Å². The smallest absolute Gasteiger partial charge is 0.222 e. The molecule has 0 saturated carbocycles. The van der Waals surface area contributed by atoms with Crippen LogP contribution in [0, 0.1) is 0 Å². The van der Waals surface area contributed by atoms with Gasteiger partial charge in [-0.1, -0.05) is 42.5 Å². The Morgan fingerprint density at radius 3 is 2.61 bits per heavy atom. The van der Waals surface area contributed by atoms with E-state index in [1.54, 1.807) is 7.11 Å². The maximum atomic E-state index is 12.4. The zero-order chi connectivity index (χ0) is 21.6. The molecule has 0 radical (unpaired) electrons. The van der Waals surface area contributed by atoms with E-state index in [-0.39, 0.29) is 5.91 Å². The van der Waals surface area contributed by atoms with Gasteiger partial charge in [-0.15, -0.1) is 0 Å². The van der Waals surface area contributed by atoms with E-state index in [1.165, 1.54) is 53.7 Å². The molecule has 0 unspecified atom stereocenters. The Kier molecular flexibility index (Phi) is 7.41. The van der Waals surface area contributed by atoms with Crippen molar-refractivity contribution in [3.63, 3.8) is 0 Å². The lowest BCUT2D eigenvalue weighted by atomic mass is 9.94. The van der Waals surface area contributed by atoms with E-state index in [9.17, 15) is 4.79 Å². The standard InChI is InChI=1S/C27H36N2O2/c1-21-5-3-15-28(21)16-13-22-7-9-23(10-8-22)24-11-12-26-20-29(17-14-25(26)19-24)27(30)6-4-18-31-2/h7-12,19,21H,3-6,13-18,20H2,1-2H3/t21-/m1/s1. The second kappa shape index (κ2) is 10.4. The summed E-state index contributed by atoms with van der Waals surface area (Å²) in [7, 11) is 1.68. The number of hydrogen-bond donors (Lipinski definition) is 0. The van der Waals surface area contributed by atoms with Gasteiger partial charge in [0.1, 0.15) is 0 Å². The van der Waals surface area contributed by atoms with Crippen LogP contribution in [0.15, 0.2) is 42.5 Å². The van der Waals surface area contributed by atoms with Crippen molar-refractivity contribution in [2.45, 2.75) is 58.0 Å². The minimum atomic E-state index is 0.241. The van der Waals surface area contributed by atoms with Crippen molar-refractivity contribution in [3.05, 3.63) is 59.2 Å². The number of carbonyl (C=O) groups excluding carboxylic acids is 1. The molecule has 0 aliphatic carbocycles. The number of methoxy groups -OCH3 is 1. The van der Waals surface area contributed by atoms with E-state index in [0.717, 1.165) is 38.4 Å². The molecule has 1 amide bonds. The van der Waals surface area contributed by atoms with Crippen molar-refractivity contribution in [3.8, 4) is 11.1 Å². The molecule has 166 valence electrons. The van der Waals surface area contributed by atoms with Crippen molar-refractivity contribution in [1.29, 1.82) is 0 Å². The molecule has 1 atom stereocenters. The van der Waals surface area contributed by atoms with E-state index >= 15 is 0 Å². The first kappa shape index (κ1) is 22.0. The molecule has 1 fully saturated rings. The van der Waals surface area contributed by atoms with Gasteiger partial charge in [-0.2, -0.15) is 0 Å². The number of likely N-dealkylation sites (tertiary alicyclic amines) is 1. The molecule has 4 heteroatoms. The third-order valence-corrected chi connectivity index (χ3v) is 6.98. The summed E-state index contributed by atoms with van der Waals surface area (Å²) in [5.41, 5.74) is 6.64. The Morgan fingerprint density at radius 2 is 1.87 bits per heavy atom. The van der Waals surface area contributed by atoms with Crippen LogP contribution in [0.3, 0.4) is 0 Å². The highest BCUT2D eigenvalue weighted by Gasteiger charge is 2.21. The molecule has 2 aliphatic rings. The number of benzene rings is 2. The predicted octanol–water partition coefficient (Wildman–Crippen LogP) is 4.69. The molecule has 31 heavy (non-hydrogen) atoms. The maximum absolute atomic E-state index is 12.4. The number of carbonyl (C=O) groups is 1. The summed E-state index contributed by atoms with van der Waals surface area (Å²) in [6.07, 6.45) is 6.12. The molecule has 2 aromatic carbocycles. The molecule has 1 saturated heterocycles. The van der Waals surface area contributed by atoms with E-state index < -0.39 is 0 Å². The number of hydrogen-bond acceptors (Lipinski definition) is 3. The minimum absolute atomic E-state index is 0.241. The van der Waals surface area contributed by atoms with Gasteiger partial charge in [0.15, 0.2) is 0 Å². The first-order chi connectivity index (χ1) is 15.1. The number of amides is 1. The zero-order valence-corrected chi connectivity index (χ0v) is 19.1. The lowest BCUT2D eigenvalue weighted by Gasteiger charge is -2.29. The van der Waals surface area contributed by atoms with Gasteiger partial charge in [0.05, 0.1) is 0 Å². The van der Waals surface area contributed by atoms with Crippen LogP contribution in [0.25, 0.3) is 11.1 Å². The molecule has 0 aromatic heterocycles. The quantitative estimate of drug-likeness (QED) is 0.581. The topological polar surface area (TPSA) is 32.8 Å². The predicted molar refractivity (Wildman–Crippen MR) is 126 cm³/mol. The third kappa shape index (κ3) is 5.55. The summed E-state index contributed by atoms with van der Waals surface area (Å²) in [5, 5.41) is 0. The Hall–Kier alpha value is -2.17. The Bertz CT molecular complexity index is 877. The average molecular weight is 421 g/mol. The molecule has 4 rings (SSSR count). The van der Waals surface area contributed by atoms with E-state index in [1.807, 2.05) is 4.90 Å². The molecule has 4 nitrogen and oxygen atoms in total. The summed E-state index contributed by atoms with van der Waals surface area (Å²) in [4.78, 5) is 17.0. The molecule has 2 aromatic rings. The zero-order valence-electron chi connectivity index (χ0n) is 19.1. The summed E-state index contributed by atoms with van der Waals surface area (Å²) in [6, 6.07) is 16.6. The number of rotatable bonds is 8. The lowest BCUT2D eigenvalue weighted by molar-refractivity contribution is -0.132. The summed E-state index contributed by atoms with van der Waals surface area (Å²) in [5.74, 6) is 0.241. The monoisotopic (exact) mass is 420 g/mol.